The number of nitrogens with one attached hydrogen (secondary N) is 2. The lowest BCUT2D eigenvalue weighted by Crippen LogP contribution is -2.52. The molecule has 4 fully saturated rings. The van der Waals surface area contributed by atoms with Crippen LogP contribution in [0.25, 0.3) is 67.7 Å². The van der Waals surface area contributed by atoms with Crippen molar-refractivity contribution in [2.75, 3.05) is 52.5 Å². The summed E-state index contributed by atoms with van der Waals surface area (Å²) in [5.41, 5.74) is 16.4. The van der Waals surface area contributed by atoms with Gasteiger partial charge in [-0.1, -0.05) is 13.0 Å². The number of pyridine rings is 3. The molecule has 16 rings (SSSR count). The first kappa shape index (κ1) is 60.3. The van der Waals surface area contributed by atoms with Gasteiger partial charge in [-0.05, 0) is 197 Å². The highest BCUT2D eigenvalue weighted by atomic mass is 16.7. The Hall–Kier alpha value is -9.26. The Labute approximate surface area is 530 Å². The fourth-order valence-corrected chi connectivity index (χ4v) is 13.3. The molecule has 4 aliphatic heterocycles. The van der Waals surface area contributed by atoms with Crippen LogP contribution < -0.4 is 27.3 Å². The summed E-state index contributed by atoms with van der Waals surface area (Å²) >= 11 is 0. The van der Waals surface area contributed by atoms with E-state index < -0.39 is 5.79 Å². The zero-order valence-corrected chi connectivity index (χ0v) is 53.1. The fraction of sp³-hybridized carbons (Fsp3) is 0.391. The van der Waals surface area contributed by atoms with Crippen LogP contribution in [0.2, 0.25) is 0 Å². The number of hydrogen-bond acceptors (Lipinski definition) is 17. The first-order chi connectivity index (χ1) is 44.5. The predicted octanol–water partition coefficient (Wildman–Crippen LogP) is 8.27. The molecule has 0 aliphatic carbocycles. The molecule has 0 saturated carbocycles. The second kappa shape index (κ2) is 25.1. The number of ether oxygens (including phenoxy) is 2. The molecule has 12 aromatic heterocycles. The van der Waals surface area contributed by atoms with Gasteiger partial charge in [0, 0.05) is 72.1 Å². The highest BCUT2D eigenvalue weighted by molar-refractivity contribution is 5.68. The first-order valence-corrected chi connectivity index (χ1v) is 32.1. The summed E-state index contributed by atoms with van der Waals surface area (Å²) in [4.78, 5) is 68.8. The van der Waals surface area contributed by atoms with Crippen LogP contribution in [0.15, 0.2) is 130 Å². The fourth-order valence-electron chi connectivity index (χ4n) is 13.3. The van der Waals surface area contributed by atoms with Gasteiger partial charge in [-0.3, -0.25) is 28.7 Å². The predicted molar refractivity (Wildman–Crippen MR) is 352 cm³/mol. The van der Waals surface area contributed by atoms with Gasteiger partial charge in [0.05, 0.1) is 82.2 Å². The molecule has 4 aliphatic rings. The molecule has 0 bridgehead atoms. The molecule has 0 radical (unpaired) electrons. The molecule has 12 aromatic rings. The van der Waals surface area contributed by atoms with E-state index in [2.05, 4.69) is 63.8 Å². The van der Waals surface area contributed by atoms with Gasteiger partial charge in [0.25, 0.3) is 16.7 Å². The molecule has 16 heterocycles. The number of likely N-dealkylation sites (tertiary alicyclic amines) is 1. The van der Waals surface area contributed by atoms with Crippen molar-refractivity contribution in [2.45, 2.75) is 123 Å². The van der Waals surface area contributed by atoms with Crippen molar-refractivity contribution in [3.63, 3.8) is 0 Å². The maximum atomic E-state index is 13.2. The van der Waals surface area contributed by atoms with Crippen molar-refractivity contribution >= 4 is 33.8 Å². The van der Waals surface area contributed by atoms with Gasteiger partial charge >= 0.3 is 0 Å². The van der Waals surface area contributed by atoms with E-state index in [0.717, 1.165) is 152 Å². The number of nitrogens with zero attached hydrogens (tertiary/aromatic N) is 16. The Kier molecular flexibility index (Phi) is 16.4. The van der Waals surface area contributed by atoms with Crippen LogP contribution in [-0.2, 0) is 15.9 Å². The molecule has 23 heteroatoms. The number of fused-ring (bicyclic) bond motifs is 6. The minimum Gasteiger partial charge on any atom is -0.349 e. The topological polar surface area (TPSA) is 239 Å². The average molecular weight is 1240 g/mol. The van der Waals surface area contributed by atoms with Crippen molar-refractivity contribution in [1.82, 2.24) is 87.5 Å². The number of aromatic nitrogens is 15. The maximum Gasteiger partial charge on any atom is 0.275 e. The molecule has 4 saturated heterocycles. The van der Waals surface area contributed by atoms with Crippen LogP contribution in [0.5, 0.6) is 0 Å². The van der Waals surface area contributed by atoms with Gasteiger partial charge in [-0.25, -0.2) is 29.4 Å². The Morgan fingerprint density at radius 1 is 0.511 bits per heavy atom. The van der Waals surface area contributed by atoms with Crippen LogP contribution in [0.4, 0.5) is 0 Å². The second-order valence-electron chi connectivity index (χ2n) is 25.4. The zero-order valence-electron chi connectivity index (χ0n) is 53.1. The van der Waals surface area contributed by atoms with E-state index in [-0.39, 0.29) is 16.7 Å². The van der Waals surface area contributed by atoms with E-state index >= 15 is 0 Å². The summed E-state index contributed by atoms with van der Waals surface area (Å²) in [7, 11) is 0. The second-order valence-corrected chi connectivity index (χ2v) is 25.4. The maximum absolute atomic E-state index is 13.2. The third kappa shape index (κ3) is 12.5. The first-order valence-electron chi connectivity index (χ1n) is 32.1. The monoisotopic (exact) mass is 1240 g/mol. The van der Waals surface area contributed by atoms with Crippen LogP contribution in [0.3, 0.4) is 0 Å². The lowest BCUT2D eigenvalue weighted by molar-refractivity contribution is -0.264. The number of piperidine rings is 3. The standard InChI is InChI=1S/C28H34N6O3.C21H22N6O.C20H20N6O/c1-5-22-25-12-24(31-34(25)14-18(2)29-22)23-13-27(35)33-15-20(6-7-26(33)30-23)19-8-10-32(11-9-19)21-16-36-28(3,4)37-17-21;1-13-9-16(12-26-11-14(2)23-21(13)26)18-10-20(28)27-19(24-18)4-3-17(25-27)15-5-7-22-8-6-15;1-13-11-25-12-15(2-4-18(25)22-13)17-10-20(27)26-19(23-17)5-3-16(24-26)14-6-8-21-9-7-14/h6-7,12-15,19,21H,5,8-11,16-17H2,1-4H3;3-4,9-12,15,22H,5-8H2,1-2H3;2-5,10-12,14,21H,6-9H2,1H3. The van der Waals surface area contributed by atoms with Crippen LogP contribution in [0, 0.1) is 27.7 Å². The van der Waals surface area contributed by atoms with Gasteiger partial charge in [0.2, 0.25) is 0 Å². The van der Waals surface area contributed by atoms with Crippen molar-refractivity contribution in [2.24, 2.45) is 0 Å². The van der Waals surface area contributed by atoms with Crippen molar-refractivity contribution in [1.29, 1.82) is 0 Å². The van der Waals surface area contributed by atoms with Crippen LogP contribution >= 0.6 is 0 Å². The van der Waals surface area contributed by atoms with E-state index in [1.165, 1.54) is 14.6 Å². The normalized spacial score (nSPS) is 17.2. The van der Waals surface area contributed by atoms with E-state index in [9.17, 15) is 14.4 Å². The SMILES string of the molecule is CCc1nc(C)cn2nc(-c3cc(=O)n4cc(C5CCN(C6COC(C)(C)OC6)CC5)ccc4n3)cc12.Cc1cn2cc(-c3cc(=O)n4nc(C5CCNCC5)ccc4n3)cc(C)c2n1.Cc1cn2cc(-c3cc(=O)n4nc(C5CCNCC5)ccc4n3)ccc2n1. The average Bonchev–Trinajstić information content (AvgIpc) is 1.32. The Balaban J connectivity index is 0.000000122. The quantitative estimate of drug-likeness (QED) is 0.145. The van der Waals surface area contributed by atoms with Gasteiger partial charge in [-0.2, -0.15) is 24.3 Å². The van der Waals surface area contributed by atoms with E-state index in [4.69, 9.17) is 19.4 Å². The van der Waals surface area contributed by atoms with Crippen molar-refractivity contribution < 1.29 is 9.47 Å². The summed E-state index contributed by atoms with van der Waals surface area (Å²) < 4.78 is 22.0. The number of aryl methyl sites for hydroxylation is 5. The molecular weight excluding hydrogens is 1160 g/mol. The number of imidazole rings is 2. The lowest BCUT2D eigenvalue weighted by Gasteiger charge is -2.42. The molecule has 23 nitrogen and oxygen atoms in total. The Morgan fingerprint density at radius 3 is 1.73 bits per heavy atom. The van der Waals surface area contributed by atoms with Gasteiger partial charge in [0.1, 0.15) is 22.6 Å². The minimum atomic E-state index is -0.485. The Bertz CT molecular complexity index is 4930. The molecule has 0 spiro atoms. The number of hydrogen-bond donors (Lipinski definition) is 2. The minimum absolute atomic E-state index is 0.0968. The van der Waals surface area contributed by atoms with Crippen LogP contribution in [-0.4, -0.2) is 141 Å². The smallest absolute Gasteiger partial charge is 0.275 e. The lowest BCUT2D eigenvalue weighted by atomic mass is 9.90. The summed E-state index contributed by atoms with van der Waals surface area (Å²) in [5, 5.41) is 20.6. The molecule has 0 aromatic carbocycles. The molecule has 2 N–H and O–H groups in total. The molecule has 92 heavy (non-hydrogen) atoms. The van der Waals surface area contributed by atoms with E-state index in [1.807, 2.05) is 147 Å². The van der Waals surface area contributed by atoms with Gasteiger partial charge < -0.3 is 28.9 Å². The van der Waals surface area contributed by atoms with Crippen molar-refractivity contribution in [3.05, 3.63) is 192 Å². The van der Waals surface area contributed by atoms with Crippen LogP contribution in [0.1, 0.15) is 122 Å². The third-order valence-corrected chi connectivity index (χ3v) is 18.3. The summed E-state index contributed by atoms with van der Waals surface area (Å²) in [6.07, 6.45) is 18.8. The summed E-state index contributed by atoms with van der Waals surface area (Å²) in [5.74, 6) is 0.720. The molecule has 0 unspecified atom stereocenters. The summed E-state index contributed by atoms with van der Waals surface area (Å²) in [6.45, 7) is 21.3. The summed E-state index contributed by atoms with van der Waals surface area (Å²) in [6, 6.07) is 24.8. The van der Waals surface area contributed by atoms with Gasteiger partial charge in [0.15, 0.2) is 17.1 Å². The number of rotatable bonds is 8. The largest absolute Gasteiger partial charge is 0.349 e. The Morgan fingerprint density at radius 2 is 1.08 bits per heavy atom. The zero-order chi connectivity index (χ0) is 63.4. The highest BCUT2D eigenvalue weighted by Gasteiger charge is 2.34. The molecule has 472 valence electrons. The highest BCUT2D eigenvalue weighted by Crippen LogP contribution is 2.32. The van der Waals surface area contributed by atoms with E-state index in [0.29, 0.717) is 76.7 Å². The molecule has 0 amide bonds. The van der Waals surface area contributed by atoms with Gasteiger partial charge in [-0.15, -0.1) is 0 Å². The molecule has 0 atom stereocenters. The third-order valence-electron chi connectivity index (χ3n) is 18.3. The molecular formula is C69H76N18O5. The van der Waals surface area contributed by atoms with Crippen molar-refractivity contribution in [3.8, 4) is 33.9 Å². The van der Waals surface area contributed by atoms with E-state index in [1.54, 1.807) is 22.6 Å².